The second-order valence-corrected chi connectivity index (χ2v) is 7.96. The van der Waals surface area contributed by atoms with Crippen LogP contribution in [0.3, 0.4) is 0 Å². The summed E-state index contributed by atoms with van der Waals surface area (Å²) in [4.78, 5) is 10.7. The maximum Gasteiger partial charge on any atom is 0.148 e. The van der Waals surface area contributed by atoms with Gasteiger partial charge in [-0.2, -0.15) is 0 Å². The molecule has 4 rings (SSSR count). The highest BCUT2D eigenvalue weighted by Crippen LogP contribution is 2.36. The molecule has 3 heterocycles. The Kier molecular flexibility index (Phi) is 4.74. The molecular weight excluding hydrogens is 340 g/mol. The Hall–Kier alpha value is -2.24. The number of benzene rings is 1. The van der Waals surface area contributed by atoms with E-state index in [1.165, 1.54) is 21.6 Å². The maximum atomic E-state index is 4.70. The molecular formula is C21H24N4S. The van der Waals surface area contributed by atoms with Gasteiger partial charge in [-0.1, -0.05) is 35.9 Å². The minimum absolute atomic E-state index is 0.191. The molecule has 2 aromatic heterocycles. The topological polar surface area (TPSA) is 49.8 Å². The number of thiophene rings is 1. The molecule has 0 bridgehead atoms. The summed E-state index contributed by atoms with van der Waals surface area (Å²) >= 11 is 1.80. The summed E-state index contributed by atoms with van der Waals surface area (Å²) in [5, 5.41) is 6.99. The Bertz CT molecular complexity index is 973. The van der Waals surface area contributed by atoms with Gasteiger partial charge in [-0.3, -0.25) is 0 Å². The summed E-state index contributed by atoms with van der Waals surface area (Å²) in [6.07, 6.45) is 3.36. The number of hydrogen-bond donors (Lipinski definition) is 2. The predicted octanol–water partition coefficient (Wildman–Crippen LogP) is 4.86. The summed E-state index contributed by atoms with van der Waals surface area (Å²) in [6.45, 7) is 8.26. The molecule has 2 N–H and O–H groups in total. The fraction of sp³-hybridized carbons (Fsp3) is 0.333. The monoisotopic (exact) mass is 364 g/mol. The molecule has 134 valence electrons. The average molecular weight is 365 g/mol. The molecule has 0 saturated heterocycles. The number of hydrogen-bond acceptors (Lipinski definition) is 5. The fourth-order valence-corrected chi connectivity index (χ4v) is 4.49. The van der Waals surface area contributed by atoms with E-state index in [-0.39, 0.29) is 6.04 Å². The van der Waals surface area contributed by atoms with Crippen molar-refractivity contribution < 1.29 is 0 Å². The molecule has 0 unspecified atom stereocenters. The first-order valence-corrected chi connectivity index (χ1v) is 9.93. The Morgan fingerprint density at radius 2 is 2.08 bits per heavy atom. The molecule has 1 aliphatic heterocycles. The van der Waals surface area contributed by atoms with Crippen LogP contribution in [0.5, 0.6) is 0 Å². The Labute approximate surface area is 158 Å². The predicted molar refractivity (Wildman–Crippen MR) is 111 cm³/mol. The van der Waals surface area contributed by atoms with E-state index in [2.05, 4.69) is 65.9 Å². The largest absolute Gasteiger partial charge is 0.362 e. The normalized spacial score (nSPS) is 15.7. The number of nitrogens with zero attached hydrogens (tertiary/aromatic N) is 2. The van der Waals surface area contributed by atoms with Gasteiger partial charge in [0.1, 0.15) is 11.6 Å². The SMILES string of the molecule is Cc1cccc([C@@H](C)Nc2nc(C)nc3cc(C4=CCNCC4)sc23)c1. The van der Waals surface area contributed by atoms with Gasteiger partial charge < -0.3 is 10.6 Å². The van der Waals surface area contributed by atoms with E-state index in [9.17, 15) is 0 Å². The average Bonchev–Trinajstić information content (AvgIpc) is 3.06. The van der Waals surface area contributed by atoms with Crippen LogP contribution in [-0.4, -0.2) is 23.1 Å². The Balaban J connectivity index is 1.70. The molecule has 4 nitrogen and oxygen atoms in total. The zero-order chi connectivity index (χ0) is 18.1. The van der Waals surface area contributed by atoms with Crippen LogP contribution >= 0.6 is 11.3 Å². The van der Waals surface area contributed by atoms with Crippen LogP contribution in [0.25, 0.3) is 15.8 Å². The van der Waals surface area contributed by atoms with Crippen molar-refractivity contribution in [1.29, 1.82) is 0 Å². The second kappa shape index (κ2) is 7.17. The van der Waals surface area contributed by atoms with Crippen molar-refractivity contribution in [2.75, 3.05) is 18.4 Å². The molecule has 0 spiro atoms. The summed E-state index contributed by atoms with van der Waals surface area (Å²) in [6, 6.07) is 11.0. The third kappa shape index (κ3) is 3.50. The van der Waals surface area contributed by atoms with Gasteiger partial charge in [0.05, 0.1) is 10.2 Å². The van der Waals surface area contributed by atoms with Gasteiger partial charge in [0.15, 0.2) is 0 Å². The number of anilines is 1. The zero-order valence-corrected chi connectivity index (χ0v) is 16.3. The van der Waals surface area contributed by atoms with Crippen molar-refractivity contribution >= 4 is 32.9 Å². The highest BCUT2D eigenvalue weighted by molar-refractivity contribution is 7.20. The van der Waals surface area contributed by atoms with E-state index in [0.29, 0.717) is 0 Å². The Morgan fingerprint density at radius 3 is 2.85 bits per heavy atom. The fourth-order valence-electron chi connectivity index (χ4n) is 3.38. The number of aromatic nitrogens is 2. The minimum atomic E-state index is 0.191. The number of nitrogens with one attached hydrogen (secondary N) is 2. The van der Waals surface area contributed by atoms with Gasteiger partial charge in [-0.25, -0.2) is 9.97 Å². The molecule has 5 heteroatoms. The number of rotatable bonds is 4. The number of fused-ring (bicyclic) bond motifs is 1. The molecule has 26 heavy (non-hydrogen) atoms. The zero-order valence-electron chi connectivity index (χ0n) is 15.5. The van der Waals surface area contributed by atoms with Crippen LogP contribution in [-0.2, 0) is 0 Å². The van der Waals surface area contributed by atoms with Crippen LogP contribution in [0.2, 0.25) is 0 Å². The van der Waals surface area contributed by atoms with E-state index < -0.39 is 0 Å². The van der Waals surface area contributed by atoms with Crippen molar-refractivity contribution in [2.45, 2.75) is 33.2 Å². The molecule has 0 fully saturated rings. The van der Waals surface area contributed by atoms with Crippen molar-refractivity contribution in [3.63, 3.8) is 0 Å². The van der Waals surface area contributed by atoms with Crippen molar-refractivity contribution in [3.05, 3.63) is 58.2 Å². The van der Waals surface area contributed by atoms with Crippen molar-refractivity contribution in [3.8, 4) is 0 Å². The highest BCUT2D eigenvalue weighted by atomic mass is 32.1. The molecule has 1 atom stereocenters. The minimum Gasteiger partial charge on any atom is -0.362 e. The van der Waals surface area contributed by atoms with Crippen LogP contribution in [0.4, 0.5) is 5.82 Å². The smallest absolute Gasteiger partial charge is 0.148 e. The highest BCUT2D eigenvalue weighted by Gasteiger charge is 2.16. The molecule has 0 radical (unpaired) electrons. The van der Waals surface area contributed by atoms with Gasteiger partial charge in [0, 0.05) is 17.5 Å². The summed E-state index contributed by atoms with van der Waals surface area (Å²) in [7, 11) is 0. The third-order valence-electron chi connectivity index (χ3n) is 4.76. The number of aryl methyl sites for hydroxylation is 2. The van der Waals surface area contributed by atoms with Gasteiger partial charge >= 0.3 is 0 Å². The van der Waals surface area contributed by atoms with Crippen LogP contribution in [0.1, 0.15) is 41.2 Å². The van der Waals surface area contributed by atoms with E-state index in [4.69, 9.17) is 4.98 Å². The van der Waals surface area contributed by atoms with Crippen LogP contribution < -0.4 is 10.6 Å². The summed E-state index contributed by atoms with van der Waals surface area (Å²) < 4.78 is 1.14. The van der Waals surface area contributed by atoms with Crippen LogP contribution in [0, 0.1) is 13.8 Å². The van der Waals surface area contributed by atoms with E-state index in [1.807, 2.05) is 6.92 Å². The molecule has 3 aromatic rings. The first-order valence-electron chi connectivity index (χ1n) is 9.11. The first kappa shape index (κ1) is 17.2. The van der Waals surface area contributed by atoms with E-state index >= 15 is 0 Å². The standard InChI is InChI=1S/C21H24N4S/c1-13-5-4-6-17(11-13)14(2)23-21-20-18(24-15(3)25-21)12-19(26-20)16-7-9-22-10-8-16/h4-7,11-12,14,22H,8-10H2,1-3H3,(H,23,24,25)/t14-/m1/s1. The lowest BCUT2D eigenvalue weighted by Crippen LogP contribution is -2.19. The van der Waals surface area contributed by atoms with Crippen molar-refractivity contribution in [2.24, 2.45) is 0 Å². The summed E-state index contributed by atoms with van der Waals surface area (Å²) in [5.41, 5.74) is 5.00. The maximum absolute atomic E-state index is 4.70. The lowest BCUT2D eigenvalue weighted by Gasteiger charge is -2.16. The molecule has 0 amide bonds. The summed E-state index contributed by atoms with van der Waals surface area (Å²) in [5.74, 6) is 1.74. The lowest BCUT2D eigenvalue weighted by molar-refractivity contribution is 0.739. The first-order chi connectivity index (χ1) is 12.6. The molecule has 0 saturated carbocycles. The van der Waals surface area contributed by atoms with Crippen molar-refractivity contribution in [1.82, 2.24) is 15.3 Å². The van der Waals surface area contributed by atoms with Gasteiger partial charge in [0.25, 0.3) is 0 Å². The van der Waals surface area contributed by atoms with Gasteiger partial charge in [0.2, 0.25) is 0 Å². The molecule has 1 aliphatic rings. The van der Waals surface area contributed by atoms with E-state index in [0.717, 1.165) is 41.4 Å². The third-order valence-corrected chi connectivity index (χ3v) is 5.97. The van der Waals surface area contributed by atoms with E-state index in [1.54, 1.807) is 11.3 Å². The quantitative estimate of drug-likeness (QED) is 0.694. The lowest BCUT2D eigenvalue weighted by atomic mass is 10.1. The molecule has 1 aromatic carbocycles. The second-order valence-electron chi connectivity index (χ2n) is 6.91. The van der Waals surface area contributed by atoms with Gasteiger partial charge in [-0.05, 0) is 50.9 Å². The Morgan fingerprint density at radius 1 is 1.19 bits per heavy atom. The van der Waals surface area contributed by atoms with Gasteiger partial charge in [-0.15, -0.1) is 11.3 Å². The molecule has 0 aliphatic carbocycles. The van der Waals surface area contributed by atoms with Crippen LogP contribution in [0.15, 0.2) is 36.4 Å².